The molecule has 0 bridgehead atoms. The van der Waals surface area contributed by atoms with E-state index in [1.54, 1.807) is 0 Å². The summed E-state index contributed by atoms with van der Waals surface area (Å²) in [5, 5.41) is 3.84. The zero-order valence-corrected chi connectivity index (χ0v) is 14.9. The van der Waals surface area contributed by atoms with Crippen molar-refractivity contribution in [3.63, 3.8) is 0 Å². The van der Waals surface area contributed by atoms with Gasteiger partial charge in [-0.05, 0) is 37.6 Å². The van der Waals surface area contributed by atoms with E-state index < -0.39 is 0 Å². The van der Waals surface area contributed by atoms with E-state index in [0.717, 1.165) is 31.0 Å². The molecule has 0 spiro atoms. The Kier molecular flexibility index (Phi) is 8.23. The van der Waals surface area contributed by atoms with Gasteiger partial charge in [0, 0.05) is 24.0 Å². The third-order valence-corrected chi connectivity index (χ3v) is 4.47. The number of halogens is 2. The van der Waals surface area contributed by atoms with Crippen LogP contribution in [0.15, 0.2) is 24.3 Å². The van der Waals surface area contributed by atoms with Crippen molar-refractivity contribution < 1.29 is 4.79 Å². The van der Waals surface area contributed by atoms with Gasteiger partial charge in [0.05, 0.1) is 6.04 Å². The minimum absolute atomic E-state index is 0. The molecule has 0 radical (unpaired) electrons. The van der Waals surface area contributed by atoms with Gasteiger partial charge in [0.1, 0.15) is 0 Å². The zero-order valence-electron chi connectivity index (χ0n) is 13.3. The van der Waals surface area contributed by atoms with Crippen molar-refractivity contribution in [2.45, 2.75) is 38.6 Å². The number of rotatable bonds is 4. The SMILES string of the molecule is CNCC(C)C(=O)N1CCCCCC1c1ccc(Cl)cc1.Cl. The van der Waals surface area contributed by atoms with Crippen molar-refractivity contribution >= 4 is 29.9 Å². The van der Waals surface area contributed by atoms with Crippen LogP contribution < -0.4 is 5.32 Å². The number of hydrogen-bond acceptors (Lipinski definition) is 2. The third-order valence-electron chi connectivity index (χ3n) is 4.22. The maximum absolute atomic E-state index is 12.8. The summed E-state index contributed by atoms with van der Waals surface area (Å²) in [7, 11) is 1.89. The van der Waals surface area contributed by atoms with Crippen LogP contribution >= 0.6 is 24.0 Å². The summed E-state index contributed by atoms with van der Waals surface area (Å²) in [6.07, 6.45) is 4.52. The van der Waals surface area contributed by atoms with Gasteiger partial charge in [-0.2, -0.15) is 0 Å². The predicted molar refractivity (Wildman–Crippen MR) is 94.7 cm³/mol. The molecule has 1 heterocycles. The van der Waals surface area contributed by atoms with Crippen molar-refractivity contribution in [3.8, 4) is 0 Å². The van der Waals surface area contributed by atoms with Gasteiger partial charge in [-0.25, -0.2) is 0 Å². The molecule has 124 valence electrons. The lowest BCUT2D eigenvalue weighted by Crippen LogP contribution is -2.40. The highest BCUT2D eigenvalue weighted by molar-refractivity contribution is 6.30. The van der Waals surface area contributed by atoms with Crippen LogP contribution in [0.3, 0.4) is 0 Å². The average molecular weight is 345 g/mol. The molecule has 0 saturated carbocycles. The van der Waals surface area contributed by atoms with Crippen LogP contribution in [0, 0.1) is 5.92 Å². The van der Waals surface area contributed by atoms with E-state index >= 15 is 0 Å². The summed E-state index contributed by atoms with van der Waals surface area (Å²) in [5.41, 5.74) is 1.20. The molecule has 2 unspecified atom stereocenters. The lowest BCUT2D eigenvalue weighted by atomic mass is 9.99. The number of nitrogens with one attached hydrogen (secondary N) is 1. The fraction of sp³-hybridized carbons (Fsp3) is 0.588. The second kappa shape index (κ2) is 9.39. The van der Waals surface area contributed by atoms with E-state index in [1.165, 1.54) is 18.4 Å². The Morgan fingerprint density at radius 2 is 2.00 bits per heavy atom. The second-order valence-corrected chi connectivity index (χ2v) is 6.34. The number of carbonyl (C=O) groups is 1. The van der Waals surface area contributed by atoms with Crippen molar-refractivity contribution in [1.29, 1.82) is 0 Å². The number of benzene rings is 1. The van der Waals surface area contributed by atoms with E-state index in [1.807, 2.05) is 26.1 Å². The van der Waals surface area contributed by atoms with Crippen LogP contribution in [-0.2, 0) is 4.79 Å². The van der Waals surface area contributed by atoms with Crippen LogP contribution in [-0.4, -0.2) is 30.9 Å². The summed E-state index contributed by atoms with van der Waals surface area (Å²) >= 11 is 5.98. The average Bonchev–Trinajstić information content (AvgIpc) is 2.73. The van der Waals surface area contributed by atoms with E-state index in [0.29, 0.717) is 0 Å². The molecule has 1 amide bonds. The van der Waals surface area contributed by atoms with Crippen molar-refractivity contribution in [3.05, 3.63) is 34.9 Å². The molecule has 1 fully saturated rings. The molecule has 0 aromatic heterocycles. The van der Waals surface area contributed by atoms with Crippen LogP contribution in [0.5, 0.6) is 0 Å². The van der Waals surface area contributed by atoms with Crippen LogP contribution in [0.4, 0.5) is 0 Å². The monoisotopic (exact) mass is 344 g/mol. The first-order chi connectivity index (χ1) is 10.1. The van der Waals surface area contributed by atoms with Gasteiger partial charge in [0.15, 0.2) is 0 Å². The molecule has 3 nitrogen and oxygen atoms in total. The molecule has 2 rings (SSSR count). The van der Waals surface area contributed by atoms with Crippen molar-refractivity contribution in [1.82, 2.24) is 10.2 Å². The molecular weight excluding hydrogens is 319 g/mol. The zero-order chi connectivity index (χ0) is 15.2. The molecule has 1 aromatic rings. The van der Waals surface area contributed by atoms with Gasteiger partial charge in [0.25, 0.3) is 0 Å². The Morgan fingerprint density at radius 3 is 2.64 bits per heavy atom. The minimum Gasteiger partial charge on any atom is -0.335 e. The smallest absolute Gasteiger partial charge is 0.227 e. The first-order valence-electron chi connectivity index (χ1n) is 7.84. The summed E-state index contributed by atoms with van der Waals surface area (Å²) in [5.74, 6) is 0.272. The fourth-order valence-electron chi connectivity index (χ4n) is 3.08. The summed E-state index contributed by atoms with van der Waals surface area (Å²) in [4.78, 5) is 14.8. The Bertz CT molecular complexity index is 464. The number of likely N-dealkylation sites (tertiary alicyclic amines) is 1. The number of amides is 1. The van der Waals surface area contributed by atoms with Gasteiger partial charge >= 0.3 is 0 Å². The second-order valence-electron chi connectivity index (χ2n) is 5.91. The molecule has 1 saturated heterocycles. The van der Waals surface area contributed by atoms with Gasteiger partial charge in [-0.15, -0.1) is 12.4 Å². The first-order valence-corrected chi connectivity index (χ1v) is 8.22. The summed E-state index contributed by atoms with van der Waals surface area (Å²) in [6.45, 7) is 3.59. The highest BCUT2D eigenvalue weighted by atomic mass is 35.5. The molecule has 0 aliphatic carbocycles. The Morgan fingerprint density at radius 1 is 1.32 bits per heavy atom. The standard InChI is InChI=1S/C17H25ClN2O.ClH/c1-13(12-19-2)17(21)20-11-5-3-4-6-16(20)14-7-9-15(18)10-8-14;/h7-10,13,16,19H,3-6,11-12H2,1-2H3;1H. The van der Waals surface area contributed by atoms with Crippen molar-refractivity contribution in [2.24, 2.45) is 5.92 Å². The van der Waals surface area contributed by atoms with E-state index in [2.05, 4.69) is 22.3 Å². The molecule has 1 aliphatic rings. The van der Waals surface area contributed by atoms with Crippen LogP contribution in [0.2, 0.25) is 5.02 Å². The Labute approximate surface area is 144 Å². The highest BCUT2D eigenvalue weighted by Crippen LogP contribution is 2.31. The van der Waals surface area contributed by atoms with Crippen LogP contribution in [0.1, 0.15) is 44.2 Å². The van der Waals surface area contributed by atoms with Gasteiger partial charge in [-0.1, -0.05) is 43.5 Å². The largest absolute Gasteiger partial charge is 0.335 e. The molecular formula is C17H26Cl2N2O. The van der Waals surface area contributed by atoms with Gasteiger partial charge in [-0.3, -0.25) is 4.79 Å². The topological polar surface area (TPSA) is 32.3 Å². The fourth-order valence-corrected chi connectivity index (χ4v) is 3.21. The predicted octanol–water partition coefficient (Wildman–Crippen LogP) is 4.06. The highest BCUT2D eigenvalue weighted by Gasteiger charge is 2.29. The van der Waals surface area contributed by atoms with Gasteiger partial charge < -0.3 is 10.2 Å². The lowest BCUT2D eigenvalue weighted by molar-refractivity contribution is -0.137. The molecule has 1 aromatic carbocycles. The Hall–Kier alpha value is -0.770. The minimum atomic E-state index is 0. The maximum atomic E-state index is 12.8. The normalized spacial score (nSPS) is 20.0. The molecule has 1 aliphatic heterocycles. The van der Waals surface area contributed by atoms with E-state index in [4.69, 9.17) is 11.6 Å². The summed E-state index contributed by atoms with van der Waals surface area (Å²) < 4.78 is 0. The quantitative estimate of drug-likeness (QED) is 0.892. The number of nitrogens with zero attached hydrogens (tertiary/aromatic N) is 1. The van der Waals surface area contributed by atoms with Crippen LogP contribution in [0.25, 0.3) is 0 Å². The lowest BCUT2D eigenvalue weighted by Gasteiger charge is -2.32. The molecule has 22 heavy (non-hydrogen) atoms. The molecule has 5 heteroatoms. The number of hydrogen-bond donors (Lipinski definition) is 1. The number of carbonyl (C=O) groups excluding carboxylic acids is 1. The summed E-state index contributed by atoms with van der Waals surface area (Å²) in [6, 6.07) is 8.14. The third kappa shape index (κ3) is 4.87. The maximum Gasteiger partial charge on any atom is 0.227 e. The van der Waals surface area contributed by atoms with E-state index in [-0.39, 0.29) is 30.3 Å². The Balaban J connectivity index is 0.00000242. The molecule has 2 atom stereocenters. The van der Waals surface area contributed by atoms with Gasteiger partial charge in [0.2, 0.25) is 5.91 Å². The first kappa shape index (κ1) is 19.3. The molecule has 1 N–H and O–H groups in total. The van der Waals surface area contributed by atoms with Crippen molar-refractivity contribution in [2.75, 3.05) is 20.1 Å². The van der Waals surface area contributed by atoms with E-state index in [9.17, 15) is 4.79 Å².